The number of rotatable bonds is 3. The van der Waals surface area contributed by atoms with Crippen molar-refractivity contribution in [2.75, 3.05) is 25.9 Å². The van der Waals surface area contributed by atoms with E-state index < -0.39 is 15.9 Å². The Morgan fingerprint density at radius 2 is 2.14 bits per heavy atom. The number of carbonyl (C=O) groups is 1. The van der Waals surface area contributed by atoms with Crippen molar-refractivity contribution in [3.05, 3.63) is 23.8 Å². The largest absolute Gasteiger partial charge is 0.469 e. The molecule has 0 aromatic heterocycles. The van der Waals surface area contributed by atoms with Crippen molar-refractivity contribution >= 4 is 21.7 Å². The van der Waals surface area contributed by atoms with E-state index >= 15 is 0 Å². The number of ether oxygens (including phenoxy) is 1. The van der Waals surface area contributed by atoms with Crippen LogP contribution in [-0.4, -0.2) is 38.9 Å². The van der Waals surface area contributed by atoms with Crippen LogP contribution in [0.15, 0.2) is 23.1 Å². The van der Waals surface area contributed by atoms with Crippen LogP contribution in [0.3, 0.4) is 0 Å². The van der Waals surface area contributed by atoms with Gasteiger partial charge in [-0.1, -0.05) is 6.07 Å². The van der Waals surface area contributed by atoms with Gasteiger partial charge in [-0.05, 0) is 37.5 Å². The van der Waals surface area contributed by atoms with Gasteiger partial charge in [0, 0.05) is 18.8 Å². The summed E-state index contributed by atoms with van der Waals surface area (Å²) in [4.78, 5) is 11.8. The molecule has 1 aliphatic heterocycles. The van der Waals surface area contributed by atoms with Crippen molar-refractivity contribution in [2.24, 2.45) is 5.92 Å². The van der Waals surface area contributed by atoms with Crippen LogP contribution in [0, 0.1) is 12.8 Å². The Bertz CT molecular complexity index is 642. The average Bonchev–Trinajstić information content (AvgIpc) is 2.49. The van der Waals surface area contributed by atoms with E-state index in [-0.39, 0.29) is 17.4 Å². The van der Waals surface area contributed by atoms with Crippen LogP contribution in [0.2, 0.25) is 0 Å². The Kier molecular flexibility index (Phi) is 4.53. The summed E-state index contributed by atoms with van der Waals surface area (Å²) in [6, 6.07) is 4.82. The molecular weight excluding hydrogens is 292 g/mol. The number of benzene rings is 1. The van der Waals surface area contributed by atoms with E-state index in [1.54, 1.807) is 19.1 Å². The van der Waals surface area contributed by atoms with E-state index in [9.17, 15) is 13.2 Å². The van der Waals surface area contributed by atoms with Gasteiger partial charge < -0.3 is 10.5 Å². The molecule has 6 nitrogen and oxygen atoms in total. The third-order valence-corrected chi connectivity index (χ3v) is 5.76. The van der Waals surface area contributed by atoms with Gasteiger partial charge >= 0.3 is 5.97 Å². The standard InChI is InChI=1S/C14H20N2O4S/c1-10-5-6-12(15)8-13(10)21(18,19)16-7-3-4-11(9-16)14(17)20-2/h5-6,8,11H,3-4,7,9,15H2,1-2H3. The minimum Gasteiger partial charge on any atom is -0.469 e. The molecule has 1 aliphatic rings. The highest BCUT2D eigenvalue weighted by atomic mass is 32.2. The first-order chi connectivity index (χ1) is 9.86. The Morgan fingerprint density at radius 3 is 2.81 bits per heavy atom. The molecular formula is C14H20N2O4S. The summed E-state index contributed by atoms with van der Waals surface area (Å²) < 4.78 is 31.5. The molecule has 1 atom stereocenters. The predicted octanol–water partition coefficient (Wildman–Crippen LogP) is 1.15. The van der Waals surface area contributed by atoms with E-state index in [0.29, 0.717) is 30.6 Å². The minimum absolute atomic E-state index is 0.156. The number of methoxy groups -OCH3 is 1. The number of esters is 1. The summed E-state index contributed by atoms with van der Waals surface area (Å²) in [5.74, 6) is -0.765. The van der Waals surface area contributed by atoms with Gasteiger partial charge in [-0.3, -0.25) is 4.79 Å². The molecule has 1 heterocycles. The highest BCUT2D eigenvalue weighted by molar-refractivity contribution is 7.89. The molecule has 116 valence electrons. The van der Waals surface area contributed by atoms with Gasteiger partial charge in [0.1, 0.15) is 0 Å². The van der Waals surface area contributed by atoms with Crippen LogP contribution < -0.4 is 5.73 Å². The second-order valence-corrected chi connectivity index (χ2v) is 7.16. The molecule has 0 aliphatic carbocycles. The zero-order chi connectivity index (χ0) is 15.6. The molecule has 0 radical (unpaired) electrons. The first-order valence-electron chi connectivity index (χ1n) is 6.80. The van der Waals surface area contributed by atoms with Crippen molar-refractivity contribution < 1.29 is 17.9 Å². The number of carbonyl (C=O) groups excluding carboxylic acids is 1. The minimum atomic E-state index is -3.64. The average molecular weight is 312 g/mol. The maximum Gasteiger partial charge on any atom is 0.309 e. The number of nitrogens with two attached hydrogens (primary N) is 1. The molecule has 1 saturated heterocycles. The second-order valence-electron chi connectivity index (χ2n) is 5.25. The van der Waals surface area contributed by atoms with Crippen molar-refractivity contribution in [3.63, 3.8) is 0 Å². The molecule has 1 aromatic carbocycles. The molecule has 2 N–H and O–H groups in total. The fraction of sp³-hybridized carbons (Fsp3) is 0.500. The third-order valence-electron chi connectivity index (χ3n) is 3.75. The van der Waals surface area contributed by atoms with Gasteiger partial charge in [-0.15, -0.1) is 0 Å². The van der Waals surface area contributed by atoms with Crippen LogP contribution in [-0.2, 0) is 19.6 Å². The Hall–Kier alpha value is -1.60. The zero-order valence-corrected chi connectivity index (χ0v) is 13.0. The van der Waals surface area contributed by atoms with Crippen LogP contribution in [0.5, 0.6) is 0 Å². The number of nitrogen functional groups attached to an aromatic ring is 1. The SMILES string of the molecule is COC(=O)C1CCCN(S(=O)(=O)c2cc(N)ccc2C)C1. The molecule has 0 spiro atoms. The van der Waals surface area contributed by atoms with Crippen LogP contribution in [0.4, 0.5) is 5.69 Å². The van der Waals surface area contributed by atoms with E-state index in [2.05, 4.69) is 0 Å². The normalized spacial score (nSPS) is 20.2. The maximum atomic E-state index is 12.7. The van der Waals surface area contributed by atoms with E-state index in [0.717, 1.165) is 0 Å². The van der Waals surface area contributed by atoms with Gasteiger partial charge in [-0.2, -0.15) is 4.31 Å². The maximum absolute atomic E-state index is 12.7. The summed E-state index contributed by atoms with van der Waals surface area (Å²) in [5.41, 5.74) is 6.74. The lowest BCUT2D eigenvalue weighted by Gasteiger charge is -2.30. The molecule has 7 heteroatoms. The fourth-order valence-electron chi connectivity index (χ4n) is 2.55. The van der Waals surface area contributed by atoms with Crippen molar-refractivity contribution in [1.29, 1.82) is 0 Å². The van der Waals surface area contributed by atoms with E-state index in [4.69, 9.17) is 10.5 Å². The summed E-state index contributed by atoms with van der Waals surface area (Å²) in [6.07, 6.45) is 1.29. The molecule has 21 heavy (non-hydrogen) atoms. The third kappa shape index (κ3) is 3.19. The van der Waals surface area contributed by atoms with E-state index in [1.165, 1.54) is 17.5 Å². The molecule has 1 aromatic rings. The topological polar surface area (TPSA) is 89.7 Å². The Balaban J connectivity index is 2.31. The number of aryl methyl sites for hydroxylation is 1. The van der Waals surface area contributed by atoms with Gasteiger partial charge in [-0.25, -0.2) is 8.42 Å². The monoisotopic (exact) mass is 312 g/mol. The number of sulfonamides is 1. The second kappa shape index (κ2) is 6.03. The summed E-state index contributed by atoms with van der Waals surface area (Å²) in [6.45, 7) is 2.29. The lowest BCUT2D eigenvalue weighted by Crippen LogP contribution is -2.42. The first kappa shape index (κ1) is 15.8. The van der Waals surface area contributed by atoms with Gasteiger partial charge in [0.15, 0.2) is 0 Å². The number of nitrogens with zero attached hydrogens (tertiary/aromatic N) is 1. The first-order valence-corrected chi connectivity index (χ1v) is 8.24. The zero-order valence-electron chi connectivity index (χ0n) is 12.2. The number of hydrogen-bond donors (Lipinski definition) is 1. The molecule has 0 bridgehead atoms. The Morgan fingerprint density at radius 1 is 1.43 bits per heavy atom. The number of hydrogen-bond acceptors (Lipinski definition) is 5. The summed E-state index contributed by atoms with van der Waals surface area (Å²) >= 11 is 0. The molecule has 2 rings (SSSR count). The van der Waals surface area contributed by atoms with Crippen molar-refractivity contribution in [3.8, 4) is 0 Å². The van der Waals surface area contributed by atoms with E-state index in [1.807, 2.05) is 0 Å². The summed E-state index contributed by atoms with van der Waals surface area (Å²) in [7, 11) is -2.33. The number of piperidine rings is 1. The van der Waals surface area contributed by atoms with Crippen LogP contribution >= 0.6 is 0 Å². The van der Waals surface area contributed by atoms with Gasteiger partial charge in [0.25, 0.3) is 0 Å². The van der Waals surface area contributed by atoms with Crippen LogP contribution in [0.25, 0.3) is 0 Å². The smallest absolute Gasteiger partial charge is 0.309 e. The highest BCUT2D eigenvalue weighted by Crippen LogP contribution is 2.27. The Labute approximate surface area is 124 Å². The lowest BCUT2D eigenvalue weighted by atomic mass is 10.0. The quantitative estimate of drug-likeness (QED) is 0.668. The van der Waals surface area contributed by atoms with Crippen LogP contribution in [0.1, 0.15) is 18.4 Å². The molecule has 1 fully saturated rings. The summed E-state index contributed by atoms with van der Waals surface area (Å²) in [5, 5.41) is 0. The molecule has 0 amide bonds. The van der Waals surface area contributed by atoms with Crippen molar-refractivity contribution in [2.45, 2.75) is 24.7 Å². The predicted molar refractivity (Wildman–Crippen MR) is 79.1 cm³/mol. The van der Waals surface area contributed by atoms with Crippen molar-refractivity contribution in [1.82, 2.24) is 4.31 Å². The molecule has 1 unspecified atom stereocenters. The molecule has 0 saturated carbocycles. The van der Waals surface area contributed by atoms with Gasteiger partial charge in [0.2, 0.25) is 10.0 Å². The fourth-order valence-corrected chi connectivity index (χ4v) is 4.34. The lowest BCUT2D eigenvalue weighted by molar-refractivity contribution is -0.146. The number of anilines is 1. The van der Waals surface area contributed by atoms with Gasteiger partial charge in [0.05, 0.1) is 17.9 Å². The highest BCUT2D eigenvalue weighted by Gasteiger charge is 2.34.